The first-order valence-electron chi connectivity index (χ1n) is 9.48. The van der Waals surface area contributed by atoms with E-state index in [4.69, 9.17) is 0 Å². The van der Waals surface area contributed by atoms with Gasteiger partial charge in [0.25, 0.3) is 0 Å². The van der Waals surface area contributed by atoms with Gasteiger partial charge in [-0.2, -0.15) is 0 Å². The SMILES string of the molecule is CC1=C(C)Nc2ccccc2C1.CC[N+]12CCC(C(=O)[O-])(CC1)CC2. The van der Waals surface area contributed by atoms with Gasteiger partial charge < -0.3 is 19.7 Å². The van der Waals surface area contributed by atoms with Gasteiger partial charge in [-0.25, -0.2) is 0 Å². The minimum absolute atomic E-state index is 0.449. The molecule has 0 unspecified atom stereocenters. The summed E-state index contributed by atoms with van der Waals surface area (Å²) in [5, 5.41) is 14.4. The van der Waals surface area contributed by atoms with Crippen LogP contribution in [0, 0.1) is 5.41 Å². The Labute approximate surface area is 151 Å². The van der Waals surface area contributed by atoms with Gasteiger partial charge in [-0.15, -0.1) is 0 Å². The van der Waals surface area contributed by atoms with Gasteiger partial charge in [-0.3, -0.25) is 0 Å². The van der Waals surface area contributed by atoms with Crippen LogP contribution >= 0.6 is 0 Å². The molecular weight excluding hydrogens is 312 g/mol. The van der Waals surface area contributed by atoms with Gasteiger partial charge in [-0.1, -0.05) is 18.2 Å². The summed E-state index contributed by atoms with van der Waals surface area (Å²) in [6.45, 7) is 10.8. The molecule has 25 heavy (non-hydrogen) atoms. The average Bonchev–Trinajstić information content (AvgIpc) is 2.64. The van der Waals surface area contributed by atoms with Crippen molar-refractivity contribution in [3.63, 3.8) is 0 Å². The molecule has 0 spiro atoms. The molecule has 0 aliphatic carbocycles. The van der Waals surface area contributed by atoms with Crippen LogP contribution in [-0.4, -0.2) is 36.6 Å². The molecule has 4 heteroatoms. The number of quaternary nitrogens is 1. The summed E-state index contributed by atoms with van der Waals surface area (Å²) in [6, 6.07) is 8.47. The number of nitrogens with zero attached hydrogens (tertiary/aromatic N) is 1. The molecule has 3 fully saturated rings. The minimum Gasteiger partial charge on any atom is -0.550 e. The Morgan fingerprint density at radius 3 is 2.32 bits per heavy atom. The molecule has 1 aromatic rings. The molecule has 4 aliphatic rings. The lowest BCUT2D eigenvalue weighted by Crippen LogP contribution is -2.65. The molecule has 4 heterocycles. The number of hydrogen-bond acceptors (Lipinski definition) is 3. The van der Waals surface area contributed by atoms with Gasteiger partial charge >= 0.3 is 0 Å². The summed E-state index contributed by atoms with van der Waals surface area (Å²) in [5.74, 6) is -0.805. The third kappa shape index (κ3) is 3.45. The Hall–Kier alpha value is -1.81. The van der Waals surface area contributed by atoms with Crippen LogP contribution in [0.1, 0.15) is 45.6 Å². The molecule has 0 amide bonds. The molecule has 4 aliphatic heterocycles. The maximum Gasteiger partial charge on any atom is 0.0795 e. The number of allylic oxidation sites excluding steroid dienone is 2. The maximum absolute atomic E-state index is 11.0. The lowest BCUT2D eigenvalue weighted by Gasteiger charge is -2.54. The van der Waals surface area contributed by atoms with Crippen molar-refractivity contribution < 1.29 is 14.4 Å². The summed E-state index contributed by atoms with van der Waals surface area (Å²) < 4.78 is 1.15. The van der Waals surface area contributed by atoms with Gasteiger partial charge in [-0.05, 0) is 44.4 Å². The molecule has 0 saturated carbocycles. The molecule has 136 valence electrons. The van der Waals surface area contributed by atoms with Gasteiger partial charge in [0.1, 0.15) is 0 Å². The monoisotopic (exact) mass is 342 g/mol. The zero-order valence-corrected chi connectivity index (χ0v) is 15.7. The average molecular weight is 342 g/mol. The molecule has 2 bridgehead atoms. The van der Waals surface area contributed by atoms with E-state index >= 15 is 0 Å². The van der Waals surface area contributed by atoms with E-state index in [9.17, 15) is 9.90 Å². The Morgan fingerprint density at radius 2 is 1.76 bits per heavy atom. The number of nitrogens with one attached hydrogen (secondary N) is 1. The molecular formula is C21H30N2O2. The molecule has 5 rings (SSSR count). The molecule has 0 radical (unpaired) electrons. The summed E-state index contributed by atoms with van der Waals surface area (Å²) in [5.41, 5.74) is 4.96. The fourth-order valence-electron chi connectivity index (χ4n) is 4.37. The van der Waals surface area contributed by atoms with E-state index in [1.807, 2.05) is 0 Å². The molecule has 4 nitrogen and oxygen atoms in total. The highest BCUT2D eigenvalue weighted by Gasteiger charge is 2.48. The maximum atomic E-state index is 11.0. The smallest absolute Gasteiger partial charge is 0.0795 e. The Bertz CT molecular complexity index is 635. The second-order valence-corrected chi connectivity index (χ2v) is 8.01. The predicted octanol–water partition coefficient (Wildman–Crippen LogP) is 2.71. The number of anilines is 1. The number of piperidine rings is 3. The van der Waals surface area contributed by atoms with E-state index in [1.54, 1.807) is 0 Å². The highest BCUT2D eigenvalue weighted by molar-refractivity contribution is 5.72. The first-order valence-corrected chi connectivity index (χ1v) is 9.48. The molecule has 0 atom stereocenters. The van der Waals surface area contributed by atoms with E-state index < -0.39 is 11.4 Å². The molecule has 0 aromatic heterocycles. The van der Waals surface area contributed by atoms with Crippen LogP contribution in [0.5, 0.6) is 0 Å². The zero-order valence-electron chi connectivity index (χ0n) is 15.7. The van der Waals surface area contributed by atoms with Crippen molar-refractivity contribution in [1.29, 1.82) is 0 Å². The second kappa shape index (κ2) is 6.83. The van der Waals surface area contributed by atoms with Crippen LogP contribution in [0.25, 0.3) is 0 Å². The van der Waals surface area contributed by atoms with E-state index in [0.717, 1.165) is 56.3 Å². The first-order chi connectivity index (χ1) is 11.9. The van der Waals surface area contributed by atoms with Crippen LogP contribution in [0.15, 0.2) is 35.5 Å². The summed E-state index contributed by atoms with van der Waals surface area (Å²) in [4.78, 5) is 11.0. The van der Waals surface area contributed by atoms with Gasteiger partial charge in [0, 0.05) is 42.0 Å². The van der Waals surface area contributed by atoms with Gasteiger partial charge in [0.2, 0.25) is 0 Å². The number of carbonyl (C=O) groups excluding carboxylic acids is 1. The largest absolute Gasteiger partial charge is 0.550 e. The number of aliphatic carboxylic acids is 1. The number of carboxylic acid groups (broad SMARTS) is 1. The number of rotatable bonds is 2. The van der Waals surface area contributed by atoms with E-state index in [0.29, 0.717) is 0 Å². The number of benzene rings is 1. The zero-order chi connectivity index (χ0) is 18.1. The van der Waals surface area contributed by atoms with E-state index in [2.05, 4.69) is 50.4 Å². The van der Waals surface area contributed by atoms with Crippen molar-refractivity contribution in [3.05, 3.63) is 41.1 Å². The molecule has 3 saturated heterocycles. The summed E-state index contributed by atoms with van der Waals surface area (Å²) in [6.07, 6.45) is 3.60. The number of para-hydroxylation sites is 1. The number of fused-ring (bicyclic) bond motifs is 4. The quantitative estimate of drug-likeness (QED) is 0.841. The van der Waals surface area contributed by atoms with Crippen molar-refractivity contribution in [2.24, 2.45) is 5.41 Å². The third-order valence-electron chi connectivity index (χ3n) is 6.73. The fourth-order valence-corrected chi connectivity index (χ4v) is 4.37. The van der Waals surface area contributed by atoms with Gasteiger partial charge in [0.05, 0.1) is 26.2 Å². The van der Waals surface area contributed by atoms with Crippen LogP contribution in [-0.2, 0) is 11.2 Å². The van der Waals surface area contributed by atoms with Crippen molar-refractivity contribution in [2.75, 3.05) is 31.5 Å². The topological polar surface area (TPSA) is 52.2 Å². The molecule has 1 N–H and O–H groups in total. The Balaban J connectivity index is 0.000000146. The van der Waals surface area contributed by atoms with Crippen LogP contribution in [0.2, 0.25) is 0 Å². The van der Waals surface area contributed by atoms with Crippen LogP contribution in [0.3, 0.4) is 0 Å². The van der Waals surface area contributed by atoms with Crippen molar-refractivity contribution >= 4 is 11.7 Å². The van der Waals surface area contributed by atoms with E-state index in [-0.39, 0.29) is 0 Å². The highest BCUT2D eigenvalue weighted by Crippen LogP contribution is 2.43. The number of carboxylic acids is 1. The van der Waals surface area contributed by atoms with Crippen LogP contribution in [0.4, 0.5) is 5.69 Å². The lowest BCUT2D eigenvalue weighted by molar-refractivity contribution is -0.943. The first kappa shape index (κ1) is 18.0. The number of hydrogen-bond donors (Lipinski definition) is 1. The summed E-state index contributed by atoms with van der Waals surface area (Å²) in [7, 11) is 0. The Morgan fingerprint density at radius 1 is 1.16 bits per heavy atom. The second-order valence-electron chi connectivity index (χ2n) is 8.01. The van der Waals surface area contributed by atoms with Crippen molar-refractivity contribution in [1.82, 2.24) is 0 Å². The predicted molar refractivity (Wildman–Crippen MR) is 98.8 cm³/mol. The third-order valence-corrected chi connectivity index (χ3v) is 6.73. The molecule has 1 aromatic carbocycles. The standard InChI is InChI=1S/C11H13N.C10H17NO2/c1-8-7-10-5-3-4-6-11(10)12-9(8)2;1-2-11-6-3-10(4-7-11,5-8-11)9(12)13/h3-6,12H,7H2,1-2H3;2-8H2,1H3. The van der Waals surface area contributed by atoms with E-state index in [1.165, 1.54) is 22.5 Å². The lowest BCUT2D eigenvalue weighted by atomic mass is 9.71. The minimum atomic E-state index is -0.805. The van der Waals surface area contributed by atoms with Crippen molar-refractivity contribution in [3.8, 4) is 0 Å². The number of carbonyl (C=O) groups is 1. The van der Waals surface area contributed by atoms with Crippen LogP contribution < -0.4 is 10.4 Å². The highest BCUT2D eigenvalue weighted by atomic mass is 16.4. The normalized spacial score (nSPS) is 30.0. The Kier molecular flexibility index (Phi) is 4.92. The van der Waals surface area contributed by atoms with Gasteiger partial charge in [0.15, 0.2) is 0 Å². The fraction of sp³-hybridized carbons (Fsp3) is 0.571. The summed E-state index contributed by atoms with van der Waals surface area (Å²) >= 11 is 0. The van der Waals surface area contributed by atoms with Crippen molar-refractivity contribution in [2.45, 2.75) is 46.5 Å².